The van der Waals surface area contributed by atoms with E-state index in [0.29, 0.717) is 25.6 Å². The molecule has 39 heavy (non-hydrogen) atoms. The highest BCUT2D eigenvalue weighted by Crippen LogP contribution is 2.31. The summed E-state index contributed by atoms with van der Waals surface area (Å²) >= 11 is 0. The Morgan fingerprint density at radius 3 is 2.46 bits per heavy atom. The Morgan fingerprint density at radius 1 is 1.00 bits per heavy atom. The van der Waals surface area contributed by atoms with E-state index in [9.17, 15) is 14.3 Å². The predicted octanol–water partition coefficient (Wildman–Crippen LogP) is 4.32. The molecule has 2 saturated heterocycles. The smallest absolute Gasteiger partial charge is 0.254 e. The topological polar surface area (TPSA) is 72.8 Å². The molecule has 0 saturated carbocycles. The number of hydrogen-bond acceptors (Lipinski definition) is 6. The van der Waals surface area contributed by atoms with Gasteiger partial charge in [-0.2, -0.15) is 0 Å². The molecule has 2 aliphatic heterocycles. The number of halogens is 1. The average Bonchev–Trinajstić information content (AvgIpc) is 2.96. The number of nitrogens with zero attached hydrogens (tertiary/aromatic N) is 5. The molecule has 0 aliphatic carbocycles. The standard InChI is InChI=1S/C31H38FN5O2/c1-21-16-22(2)30(31(39)36-14-15-37(26(19-36)20-38)29-6-4-5-11-33-29)23(3)27(21)17-24-9-12-35(13-10-24)28-8-7-25(32)18-34-28/h4-8,11,16,18,24,26,38H,9-10,12-15,17,19-20H2,1-3H3/t26-/m0/s1. The molecule has 0 radical (unpaired) electrons. The molecule has 4 heterocycles. The van der Waals surface area contributed by atoms with Crippen LogP contribution in [0.15, 0.2) is 48.8 Å². The maximum atomic E-state index is 13.9. The maximum absolute atomic E-state index is 13.9. The number of carbonyl (C=O) groups excluding carboxylic acids is 1. The SMILES string of the molecule is Cc1cc(C)c(C(=O)N2CCN(c3ccccn3)[C@H](CO)C2)c(C)c1CC1CCN(c2ccc(F)cn2)CC1. The summed E-state index contributed by atoms with van der Waals surface area (Å²) in [6.07, 6.45) is 6.03. The lowest BCUT2D eigenvalue weighted by Gasteiger charge is -2.41. The lowest BCUT2D eigenvalue weighted by molar-refractivity contribution is 0.0697. The van der Waals surface area contributed by atoms with Crippen LogP contribution in [-0.4, -0.2) is 71.3 Å². The van der Waals surface area contributed by atoms with E-state index in [1.54, 1.807) is 12.3 Å². The molecule has 2 aliphatic rings. The van der Waals surface area contributed by atoms with Crippen LogP contribution in [-0.2, 0) is 6.42 Å². The summed E-state index contributed by atoms with van der Waals surface area (Å²) in [7, 11) is 0. The fraction of sp³-hybridized carbons (Fsp3) is 0.452. The molecule has 206 valence electrons. The van der Waals surface area contributed by atoms with E-state index < -0.39 is 0 Å². The first-order valence-corrected chi connectivity index (χ1v) is 13.9. The minimum atomic E-state index is -0.314. The number of pyridine rings is 2. The molecule has 0 spiro atoms. The van der Waals surface area contributed by atoms with Crippen LogP contribution in [0.3, 0.4) is 0 Å². The summed E-state index contributed by atoms with van der Waals surface area (Å²) < 4.78 is 13.3. The number of amides is 1. The van der Waals surface area contributed by atoms with E-state index in [-0.39, 0.29) is 24.4 Å². The van der Waals surface area contributed by atoms with Crippen LogP contribution in [0.2, 0.25) is 0 Å². The van der Waals surface area contributed by atoms with Gasteiger partial charge in [-0.1, -0.05) is 12.1 Å². The number of rotatable bonds is 6. The van der Waals surface area contributed by atoms with Gasteiger partial charge in [-0.25, -0.2) is 14.4 Å². The van der Waals surface area contributed by atoms with E-state index >= 15 is 0 Å². The summed E-state index contributed by atoms with van der Waals surface area (Å²) in [6.45, 7) is 9.69. The molecule has 0 unspecified atom stereocenters. The zero-order valence-corrected chi connectivity index (χ0v) is 23.1. The quantitative estimate of drug-likeness (QED) is 0.511. The summed E-state index contributed by atoms with van der Waals surface area (Å²) in [5.74, 6) is 1.91. The largest absolute Gasteiger partial charge is 0.394 e. The van der Waals surface area contributed by atoms with Gasteiger partial charge in [0.05, 0.1) is 18.8 Å². The van der Waals surface area contributed by atoms with Crippen molar-refractivity contribution in [1.29, 1.82) is 0 Å². The number of hydrogen-bond donors (Lipinski definition) is 1. The van der Waals surface area contributed by atoms with Crippen LogP contribution in [0, 0.1) is 32.5 Å². The Balaban J connectivity index is 1.29. The minimum absolute atomic E-state index is 0.0381. The number of aromatic nitrogens is 2. The number of anilines is 2. The van der Waals surface area contributed by atoms with Gasteiger partial charge in [-0.05, 0) is 92.5 Å². The van der Waals surface area contributed by atoms with Gasteiger partial charge in [0.15, 0.2) is 0 Å². The van der Waals surface area contributed by atoms with Crippen molar-refractivity contribution in [3.05, 3.63) is 82.4 Å². The van der Waals surface area contributed by atoms with Gasteiger partial charge in [-0.15, -0.1) is 0 Å². The Labute approximate surface area is 230 Å². The van der Waals surface area contributed by atoms with Crippen molar-refractivity contribution in [2.45, 2.75) is 46.1 Å². The van der Waals surface area contributed by atoms with Gasteiger partial charge in [0.2, 0.25) is 0 Å². The molecule has 1 aromatic carbocycles. The van der Waals surface area contributed by atoms with Crippen LogP contribution in [0.1, 0.15) is 45.5 Å². The molecular formula is C31H38FN5O2. The van der Waals surface area contributed by atoms with Crippen molar-refractivity contribution in [2.24, 2.45) is 5.92 Å². The van der Waals surface area contributed by atoms with Crippen LogP contribution in [0.4, 0.5) is 16.0 Å². The van der Waals surface area contributed by atoms with Gasteiger partial charge in [0, 0.05) is 44.5 Å². The van der Waals surface area contributed by atoms with E-state index in [1.165, 1.54) is 23.4 Å². The molecular weight excluding hydrogens is 493 g/mol. The highest BCUT2D eigenvalue weighted by Gasteiger charge is 2.32. The number of carbonyl (C=O) groups is 1. The monoisotopic (exact) mass is 531 g/mol. The van der Waals surface area contributed by atoms with E-state index in [0.717, 1.165) is 60.7 Å². The van der Waals surface area contributed by atoms with Gasteiger partial charge in [0.1, 0.15) is 17.5 Å². The van der Waals surface area contributed by atoms with Crippen molar-refractivity contribution in [3.8, 4) is 0 Å². The summed E-state index contributed by atoms with van der Waals surface area (Å²) in [6, 6.07) is 10.9. The van der Waals surface area contributed by atoms with Crippen LogP contribution in [0.25, 0.3) is 0 Å². The number of aliphatic hydroxyl groups excluding tert-OH is 1. The molecule has 1 amide bonds. The zero-order chi connectivity index (χ0) is 27.5. The first kappa shape index (κ1) is 27.1. The molecule has 1 atom stereocenters. The van der Waals surface area contributed by atoms with Crippen LogP contribution in [0.5, 0.6) is 0 Å². The third-order valence-electron chi connectivity index (χ3n) is 8.41. The second-order valence-corrected chi connectivity index (χ2v) is 10.9. The highest BCUT2D eigenvalue weighted by atomic mass is 19.1. The Kier molecular flexibility index (Phi) is 8.12. The number of aryl methyl sites for hydroxylation is 2. The average molecular weight is 532 g/mol. The normalized spacial score (nSPS) is 18.5. The van der Waals surface area contributed by atoms with E-state index in [4.69, 9.17) is 0 Å². The number of benzene rings is 1. The van der Waals surface area contributed by atoms with E-state index in [1.807, 2.05) is 30.0 Å². The van der Waals surface area contributed by atoms with Crippen LogP contribution < -0.4 is 9.80 Å². The van der Waals surface area contributed by atoms with Crippen LogP contribution >= 0.6 is 0 Å². The van der Waals surface area contributed by atoms with Crippen molar-refractivity contribution >= 4 is 17.5 Å². The molecule has 5 rings (SSSR count). The van der Waals surface area contributed by atoms with Crippen molar-refractivity contribution in [3.63, 3.8) is 0 Å². The van der Waals surface area contributed by atoms with Crippen molar-refractivity contribution in [1.82, 2.24) is 14.9 Å². The molecule has 3 aromatic rings. The van der Waals surface area contributed by atoms with Gasteiger partial charge in [-0.3, -0.25) is 4.79 Å². The summed E-state index contributed by atoms with van der Waals surface area (Å²) in [5.41, 5.74) is 5.38. The molecule has 7 nitrogen and oxygen atoms in total. The van der Waals surface area contributed by atoms with Gasteiger partial charge >= 0.3 is 0 Å². The van der Waals surface area contributed by atoms with E-state index in [2.05, 4.69) is 39.7 Å². The summed E-state index contributed by atoms with van der Waals surface area (Å²) in [4.78, 5) is 28.8. The lowest BCUT2D eigenvalue weighted by Crippen LogP contribution is -2.56. The van der Waals surface area contributed by atoms with Crippen molar-refractivity contribution in [2.75, 3.05) is 49.1 Å². The molecule has 0 bridgehead atoms. The van der Waals surface area contributed by atoms with Crippen molar-refractivity contribution < 1.29 is 14.3 Å². The number of piperidine rings is 1. The fourth-order valence-corrected chi connectivity index (χ4v) is 6.26. The molecule has 2 aromatic heterocycles. The third-order valence-corrected chi connectivity index (χ3v) is 8.41. The molecule has 8 heteroatoms. The number of aliphatic hydroxyl groups is 1. The number of piperazine rings is 1. The fourth-order valence-electron chi connectivity index (χ4n) is 6.26. The lowest BCUT2D eigenvalue weighted by atomic mass is 9.84. The van der Waals surface area contributed by atoms with Gasteiger partial charge < -0.3 is 19.8 Å². The first-order chi connectivity index (χ1) is 18.9. The third kappa shape index (κ3) is 5.76. The minimum Gasteiger partial charge on any atom is -0.394 e. The summed E-state index contributed by atoms with van der Waals surface area (Å²) in [5, 5.41) is 10.1. The molecule has 1 N–H and O–H groups in total. The Morgan fingerprint density at radius 2 is 1.79 bits per heavy atom. The second-order valence-electron chi connectivity index (χ2n) is 10.9. The van der Waals surface area contributed by atoms with Gasteiger partial charge in [0.25, 0.3) is 5.91 Å². The highest BCUT2D eigenvalue weighted by molar-refractivity contribution is 5.97. The first-order valence-electron chi connectivity index (χ1n) is 13.9. The second kappa shape index (κ2) is 11.7. The Hall–Kier alpha value is -3.52. The zero-order valence-electron chi connectivity index (χ0n) is 23.1. The molecule has 2 fully saturated rings. The maximum Gasteiger partial charge on any atom is 0.254 e. The predicted molar refractivity (Wildman–Crippen MR) is 152 cm³/mol. The Bertz CT molecular complexity index is 1290.